The summed E-state index contributed by atoms with van der Waals surface area (Å²) >= 11 is 5.90. The molecule has 0 saturated carbocycles. The van der Waals surface area contributed by atoms with E-state index >= 15 is 0 Å². The van der Waals surface area contributed by atoms with E-state index in [1.807, 2.05) is 32.0 Å². The summed E-state index contributed by atoms with van der Waals surface area (Å²) in [6.07, 6.45) is 0.0593. The number of para-hydroxylation sites is 1. The number of Topliss-reactive ketones (excluding diaryl/α,β-unsaturated/α-hetero) is 1. The minimum Gasteiger partial charge on any atom is -0.493 e. The largest absolute Gasteiger partial charge is 0.493 e. The summed E-state index contributed by atoms with van der Waals surface area (Å²) in [5.74, 6) is -1.15. The summed E-state index contributed by atoms with van der Waals surface area (Å²) in [4.78, 5) is 39.6. The molecule has 0 aliphatic rings. The first-order valence-electron chi connectivity index (χ1n) is 12.7. The number of nitrogens with one attached hydrogen (secondary N) is 1. The number of hydrogen-bond acceptors (Lipinski definition) is 5. The highest BCUT2D eigenvalue weighted by Gasteiger charge is 2.28. The molecule has 0 spiro atoms. The summed E-state index contributed by atoms with van der Waals surface area (Å²) in [7, 11) is 3.27. The lowest BCUT2D eigenvalue weighted by molar-refractivity contribution is -0.118. The Bertz CT molecular complexity index is 1400. The predicted octanol–water partition coefficient (Wildman–Crippen LogP) is 6.09. The second-order valence-corrected chi connectivity index (χ2v) is 10.5. The van der Waals surface area contributed by atoms with Crippen molar-refractivity contribution in [2.45, 2.75) is 53.1 Å². The van der Waals surface area contributed by atoms with E-state index in [9.17, 15) is 18.8 Å². The van der Waals surface area contributed by atoms with Crippen molar-refractivity contribution >= 4 is 29.0 Å². The van der Waals surface area contributed by atoms with E-state index in [4.69, 9.17) is 21.1 Å². The van der Waals surface area contributed by atoms with E-state index in [2.05, 4.69) is 5.32 Å². The van der Waals surface area contributed by atoms with Crippen molar-refractivity contribution in [3.05, 3.63) is 74.9 Å². The first-order valence-corrected chi connectivity index (χ1v) is 13.1. The maximum atomic E-state index is 13.9. The molecule has 0 aliphatic heterocycles. The average molecular weight is 560 g/mol. The van der Waals surface area contributed by atoms with Crippen LogP contribution in [0.4, 0.5) is 10.1 Å². The number of carbonyl (C=O) groups excluding carboxylic acids is 2. The van der Waals surface area contributed by atoms with Crippen LogP contribution < -0.4 is 15.6 Å². The highest BCUT2D eigenvalue weighted by molar-refractivity contribution is 6.31. The fourth-order valence-corrected chi connectivity index (χ4v) is 4.65. The number of nitrogens with zero attached hydrogens (tertiary/aromatic N) is 2. The van der Waals surface area contributed by atoms with E-state index in [1.54, 1.807) is 37.7 Å². The molecule has 3 rings (SSSR count). The van der Waals surface area contributed by atoms with E-state index in [0.717, 1.165) is 6.07 Å². The van der Waals surface area contributed by atoms with Crippen molar-refractivity contribution in [3.63, 3.8) is 0 Å². The molecule has 0 saturated heterocycles. The van der Waals surface area contributed by atoms with Gasteiger partial charge in [0.15, 0.2) is 5.78 Å². The van der Waals surface area contributed by atoms with E-state index in [-0.39, 0.29) is 58.7 Å². The molecule has 8 nitrogen and oxygen atoms in total. The van der Waals surface area contributed by atoms with Gasteiger partial charge in [0.2, 0.25) is 5.91 Å². The molecule has 1 aromatic heterocycles. The van der Waals surface area contributed by atoms with E-state index in [1.165, 1.54) is 17.9 Å². The summed E-state index contributed by atoms with van der Waals surface area (Å²) in [5, 5.41) is 2.64. The molecule has 0 aliphatic carbocycles. The molecular formula is C29H35ClFN3O5. The molecule has 1 unspecified atom stereocenters. The zero-order chi connectivity index (χ0) is 28.9. The van der Waals surface area contributed by atoms with Gasteiger partial charge in [-0.3, -0.25) is 19.1 Å². The minimum absolute atomic E-state index is 0.0588. The van der Waals surface area contributed by atoms with Crippen LogP contribution in [-0.2, 0) is 16.6 Å². The van der Waals surface area contributed by atoms with Crippen LogP contribution in [0.1, 0.15) is 69.1 Å². The lowest BCUT2D eigenvalue weighted by atomic mass is 9.82. The molecule has 10 heteroatoms. The molecule has 0 bridgehead atoms. The number of benzene rings is 2. The van der Waals surface area contributed by atoms with Crippen molar-refractivity contribution in [1.82, 2.24) is 9.36 Å². The van der Waals surface area contributed by atoms with Crippen molar-refractivity contribution in [2.24, 2.45) is 12.5 Å². The van der Waals surface area contributed by atoms with Crippen molar-refractivity contribution in [1.29, 1.82) is 0 Å². The second-order valence-electron chi connectivity index (χ2n) is 10.1. The lowest BCUT2D eigenvalue weighted by Crippen LogP contribution is -2.26. The van der Waals surface area contributed by atoms with Crippen LogP contribution in [0.15, 0.2) is 47.3 Å². The fraction of sp³-hybridized carbons (Fsp3) is 0.414. The van der Waals surface area contributed by atoms with Crippen LogP contribution in [-0.4, -0.2) is 34.8 Å². The molecule has 0 radical (unpaired) electrons. The molecule has 1 heterocycles. The molecule has 210 valence electrons. The maximum Gasteiger partial charge on any atom is 0.295 e. The predicted molar refractivity (Wildman–Crippen MR) is 150 cm³/mol. The Labute approximate surface area is 232 Å². The molecule has 0 fully saturated rings. The number of anilines is 1. The van der Waals surface area contributed by atoms with Crippen LogP contribution in [0.2, 0.25) is 5.02 Å². The Hall–Kier alpha value is -3.43. The Kier molecular flexibility index (Phi) is 9.74. The highest BCUT2D eigenvalue weighted by Crippen LogP contribution is 2.32. The smallest absolute Gasteiger partial charge is 0.295 e. The Balaban J connectivity index is 1.78. The van der Waals surface area contributed by atoms with Crippen molar-refractivity contribution in [3.8, 4) is 11.4 Å². The van der Waals surface area contributed by atoms with Crippen LogP contribution in [0, 0.1) is 11.2 Å². The standard InChI is InChI=1S/C29H35ClFN3O5/c1-7-39-24-16-22(31)21(30)15-20(24)23(35)13-14-29(3,4)17-25(36)32-26-27(18(2)38-6)33(5)34(28(26)37)19-11-9-8-10-12-19/h8-12,15-16,18H,7,13-14,17H2,1-6H3,(H,32,36). The third kappa shape index (κ3) is 6.96. The Morgan fingerprint density at radius 2 is 1.85 bits per heavy atom. The van der Waals surface area contributed by atoms with E-state index in [0.29, 0.717) is 17.8 Å². The van der Waals surface area contributed by atoms with Gasteiger partial charge in [-0.05, 0) is 43.9 Å². The number of ether oxygens (including phenoxy) is 2. The fourth-order valence-electron chi connectivity index (χ4n) is 4.49. The number of methoxy groups -OCH3 is 1. The molecule has 1 atom stereocenters. The zero-order valence-electron chi connectivity index (χ0n) is 23.1. The average Bonchev–Trinajstić information content (AvgIpc) is 3.13. The summed E-state index contributed by atoms with van der Waals surface area (Å²) in [5.41, 5.74) is 0.573. The van der Waals surface area contributed by atoms with Crippen LogP contribution >= 0.6 is 11.6 Å². The summed E-state index contributed by atoms with van der Waals surface area (Å²) in [6, 6.07) is 11.5. The minimum atomic E-state index is -0.664. The van der Waals surface area contributed by atoms with Gasteiger partial charge in [-0.15, -0.1) is 0 Å². The zero-order valence-corrected chi connectivity index (χ0v) is 23.9. The SMILES string of the molecule is CCOc1cc(F)c(Cl)cc1C(=O)CCC(C)(C)CC(=O)Nc1c(C(C)OC)n(C)n(-c2ccccc2)c1=O. The number of aromatic nitrogens is 2. The van der Waals surface area contributed by atoms with Crippen molar-refractivity contribution in [2.75, 3.05) is 19.0 Å². The van der Waals surface area contributed by atoms with Gasteiger partial charge in [0, 0.05) is 33.1 Å². The topological polar surface area (TPSA) is 91.6 Å². The summed E-state index contributed by atoms with van der Waals surface area (Å²) in [6.45, 7) is 7.54. The van der Waals surface area contributed by atoms with Gasteiger partial charge in [-0.25, -0.2) is 9.07 Å². The molecule has 2 aromatic carbocycles. The number of rotatable bonds is 12. The Morgan fingerprint density at radius 3 is 2.46 bits per heavy atom. The molecule has 3 aromatic rings. The Morgan fingerprint density at radius 1 is 1.18 bits per heavy atom. The highest BCUT2D eigenvalue weighted by atomic mass is 35.5. The quantitative estimate of drug-likeness (QED) is 0.271. The number of halogens is 2. The molecule has 1 N–H and O–H groups in total. The molecular weight excluding hydrogens is 525 g/mol. The van der Waals surface area contributed by atoms with Gasteiger partial charge in [0.25, 0.3) is 5.56 Å². The summed E-state index contributed by atoms with van der Waals surface area (Å²) < 4.78 is 28.0. The number of amides is 1. The van der Waals surface area contributed by atoms with Gasteiger partial charge < -0.3 is 14.8 Å². The third-order valence-corrected chi connectivity index (χ3v) is 6.90. The number of ketones is 1. The number of carbonyl (C=O) groups is 2. The van der Waals surface area contributed by atoms with Gasteiger partial charge >= 0.3 is 0 Å². The van der Waals surface area contributed by atoms with E-state index < -0.39 is 17.3 Å². The van der Waals surface area contributed by atoms with Crippen LogP contribution in [0.25, 0.3) is 5.69 Å². The normalized spacial score (nSPS) is 12.3. The lowest BCUT2D eigenvalue weighted by Gasteiger charge is -2.24. The van der Waals surface area contributed by atoms with Crippen LogP contribution in [0.3, 0.4) is 0 Å². The van der Waals surface area contributed by atoms with Gasteiger partial charge in [-0.1, -0.05) is 43.6 Å². The maximum absolute atomic E-state index is 13.9. The van der Waals surface area contributed by atoms with Gasteiger partial charge in [0.1, 0.15) is 17.3 Å². The van der Waals surface area contributed by atoms with Crippen LogP contribution in [0.5, 0.6) is 5.75 Å². The molecule has 1 amide bonds. The number of hydrogen-bond donors (Lipinski definition) is 1. The second kappa shape index (κ2) is 12.6. The first-order chi connectivity index (χ1) is 18.4. The van der Waals surface area contributed by atoms with Gasteiger partial charge in [0.05, 0.1) is 34.7 Å². The first kappa shape index (κ1) is 30.1. The monoisotopic (exact) mass is 559 g/mol. The molecule has 39 heavy (non-hydrogen) atoms. The third-order valence-electron chi connectivity index (χ3n) is 6.61. The van der Waals surface area contributed by atoms with Crippen molar-refractivity contribution < 1.29 is 23.5 Å². The van der Waals surface area contributed by atoms with Gasteiger partial charge in [-0.2, -0.15) is 0 Å².